The quantitative estimate of drug-likeness (QED) is 0.904. The monoisotopic (exact) mass is 326 g/mol. The Morgan fingerprint density at radius 2 is 2.17 bits per heavy atom. The Balaban J connectivity index is 1.40. The summed E-state index contributed by atoms with van der Waals surface area (Å²) in [6.07, 6.45) is 4.81. The molecule has 124 valence electrons. The zero-order chi connectivity index (χ0) is 16.6. The number of rotatable bonds is 3. The number of hydrogen-bond acceptors (Lipinski definition) is 7. The Hall–Kier alpha value is -2.61. The summed E-state index contributed by atoms with van der Waals surface area (Å²) < 4.78 is 5.72. The lowest BCUT2D eigenvalue weighted by atomic mass is 9.88. The second kappa shape index (κ2) is 5.79. The molecule has 24 heavy (non-hydrogen) atoms. The molecule has 2 aromatic rings. The molecule has 0 unspecified atom stereocenters. The van der Waals surface area contributed by atoms with Gasteiger partial charge in [0, 0.05) is 25.5 Å². The first-order chi connectivity index (χ1) is 11.6. The van der Waals surface area contributed by atoms with Gasteiger partial charge in [0.2, 0.25) is 11.8 Å². The molecule has 0 bridgehead atoms. The van der Waals surface area contributed by atoms with Crippen molar-refractivity contribution in [3.05, 3.63) is 30.4 Å². The van der Waals surface area contributed by atoms with E-state index in [1.165, 1.54) is 0 Å². The molecule has 0 saturated carbocycles. The van der Waals surface area contributed by atoms with E-state index >= 15 is 0 Å². The zero-order valence-electron chi connectivity index (χ0n) is 13.4. The fourth-order valence-corrected chi connectivity index (χ4v) is 3.22. The van der Waals surface area contributed by atoms with E-state index < -0.39 is 5.54 Å². The molecule has 8 nitrogen and oxygen atoms in total. The highest BCUT2D eigenvalue weighted by molar-refractivity contribution is 6.07. The third-order valence-corrected chi connectivity index (χ3v) is 4.52. The van der Waals surface area contributed by atoms with Crippen LogP contribution in [0.25, 0.3) is 11.5 Å². The number of aliphatic imine (C=N–C) groups is 1. The fraction of sp³-hybridized carbons (Fsp3) is 0.438. The summed E-state index contributed by atoms with van der Waals surface area (Å²) in [5, 5.41) is 11.0. The fourth-order valence-electron chi connectivity index (χ4n) is 3.22. The summed E-state index contributed by atoms with van der Waals surface area (Å²) in [5.41, 5.74) is 0.234. The molecule has 0 radical (unpaired) electrons. The van der Waals surface area contributed by atoms with Crippen molar-refractivity contribution in [3.8, 4) is 11.5 Å². The van der Waals surface area contributed by atoms with Gasteiger partial charge in [-0.05, 0) is 31.9 Å². The van der Waals surface area contributed by atoms with Gasteiger partial charge in [0.25, 0.3) is 5.91 Å². The molecule has 2 aliphatic rings. The van der Waals surface area contributed by atoms with Gasteiger partial charge in [0.15, 0.2) is 0 Å². The molecule has 1 spiro atoms. The van der Waals surface area contributed by atoms with E-state index in [1.807, 2.05) is 19.1 Å². The smallest absolute Gasteiger partial charge is 0.253 e. The molecular weight excluding hydrogens is 308 g/mol. The lowest BCUT2D eigenvalue weighted by Crippen LogP contribution is -2.48. The van der Waals surface area contributed by atoms with Crippen LogP contribution < -0.4 is 5.32 Å². The molecular formula is C16H18N6O2. The highest BCUT2D eigenvalue weighted by Crippen LogP contribution is 2.30. The number of hydrogen-bond donors (Lipinski definition) is 1. The standard InChI is InChI=1S/C16H18N6O2/c1-11-18-15(23)16(19-11)4-7-22(8-5-16)10-13-20-21-14(24-13)12-3-2-6-17-9-12/h2-3,6,9H,4-5,7-8,10H2,1H3,(H,18,19,23). The number of piperidine rings is 1. The molecule has 4 heterocycles. The summed E-state index contributed by atoms with van der Waals surface area (Å²) in [6, 6.07) is 3.71. The topological polar surface area (TPSA) is 96.5 Å². The predicted octanol–water partition coefficient (Wildman–Crippen LogP) is 1.01. The van der Waals surface area contributed by atoms with Gasteiger partial charge in [-0.25, -0.2) is 0 Å². The second-order valence-corrected chi connectivity index (χ2v) is 6.20. The number of carbonyl (C=O) groups is 1. The van der Waals surface area contributed by atoms with E-state index in [-0.39, 0.29) is 5.91 Å². The SMILES string of the molecule is CC1=NC2(CCN(Cc3nnc(-c4cccnc4)o3)CC2)C(=O)N1. The zero-order valence-corrected chi connectivity index (χ0v) is 13.4. The molecule has 1 fully saturated rings. The molecule has 1 N–H and O–H groups in total. The first kappa shape index (κ1) is 14.9. The van der Waals surface area contributed by atoms with E-state index in [4.69, 9.17) is 4.42 Å². The van der Waals surface area contributed by atoms with Gasteiger partial charge < -0.3 is 9.73 Å². The molecule has 0 aromatic carbocycles. The maximum atomic E-state index is 12.1. The first-order valence-corrected chi connectivity index (χ1v) is 7.98. The number of amidine groups is 1. The Kier molecular flexibility index (Phi) is 3.61. The van der Waals surface area contributed by atoms with Crippen LogP contribution in [0.5, 0.6) is 0 Å². The molecule has 2 aromatic heterocycles. The van der Waals surface area contributed by atoms with Crippen LogP contribution in [-0.4, -0.2) is 50.5 Å². The molecule has 0 aliphatic carbocycles. The van der Waals surface area contributed by atoms with Crippen LogP contribution in [0.4, 0.5) is 0 Å². The minimum atomic E-state index is -0.573. The van der Waals surface area contributed by atoms with Gasteiger partial charge in [-0.2, -0.15) is 0 Å². The lowest BCUT2D eigenvalue weighted by molar-refractivity contribution is -0.125. The number of nitrogens with zero attached hydrogens (tertiary/aromatic N) is 5. The van der Waals surface area contributed by atoms with Crippen LogP contribution in [-0.2, 0) is 11.3 Å². The van der Waals surface area contributed by atoms with Crippen molar-refractivity contribution in [1.82, 2.24) is 25.4 Å². The van der Waals surface area contributed by atoms with E-state index in [0.717, 1.165) is 18.7 Å². The number of pyridine rings is 1. The van der Waals surface area contributed by atoms with Crippen molar-refractivity contribution >= 4 is 11.7 Å². The number of nitrogens with one attached hydrogen (secondary N) is 1. The summed E-state index contributed by atoms with van der Waals surface area (Å²) in [4.78, 5) is 22.9. The lowest BCUT2D eigenvalue weighted by Gasteiger charge is -2.34. The van der Waals surface area contributed by atoms with Gasteiger partial charge in [-0.3, -0.25) is 19.7 Å². The normalized spacial score (nSPS) is 20.2. The van der Waals surface area contributed by atoms with Gasteiger partial charge in [0.05, 0.1) is 12.1 Å². The molecule has 8 heteroatoms. The number of carbonyl (C=O) groups excluding carboxylic acids is 1. The Bertz CT molecular complexity index is 777. The summed E-state index contributed by atoms with van der Waals surface area (Å²) in [6.45, 7) is 3.95. The van der Waals surface area contributed by atoms with E-state index in [2.05, 4.69) is 30.4 Å². The third kappa shape index (κ3) is 2.69. The van der Waals surface area contributed by atoms with Crippen molar-refractivity contribution < 1.29 is 9.21 Å². The van der Waals surface area contributed by atoms with Gasteiger partial charge in [0.1, 0.15) is 11.4 Å². The number of aromatic nitrogens is 3. The minimum absolute atomic E-state index is 0.0244. The van der Waals surface area contributed by atoms with Crippen LogP contribution in [0, 0.1) is 0 Å². The average Bonchev–Trinajstić information content (AvgIpc) is 3.16. The summed E-state index contributed by atoms with van der Waals surface area (Å²) >= 11 is 0. The van der Waals surface area contributed by atoms with E-state index in [0.29, 0.717) is 37.0 Å². The van der Waals surface area contributed by atoms with Crippen molar-refractivity contribution in [3.63, 3.8) is 0 Å². The van der Waals surface area contributed by atoms with Gasteiger partial charge in [-0.1, -0.05) is 0 Å². The Labute approximate surface area is 139 Å². The minimum Gasteiger partial charge on any atom is -0.419 e. The Morgan fingerprint density at radius 3 is 2.83 bits per heavy atom. The highest BCUT2D eigenvalue weighted by atomic mass is 16.4. The molecule has 0 atom stereocenters. The predicted molar refractivity (Wildman–Crippen MR) is 86.0 cm³/mol. The average molecular weight is 326 g/mol. The van der Waals surface area contributed by atoms with Crippen molar-refractivity contribution in [2.75, 3.05) is 13.1 Å². The van der Waals surface area contributed by atoms with Crippen molar-refractivity contribution in [2.45, 2.75) is 31.8 Å². The number of likely N-dealkylation sites (tertiary alicyclic amines) is 1. The van der Waals surface area contributed by atoms with Crippen LogP contribution in [0.2, 0.25) is 0 Å². The Morgan fingerprint density at radius 1 is 1.33 bits per heavy atom. The first-order valence-electron chi connectivity index (χ1n) is 7.98. The van der Waals surface area contributed by atoms with Crippen molar-refractivity contribution in [2.24, 2.45) is 4.99 Å². The molecule has 2 aliphatic heterocycles. The molecule has 4 rings (SSSR count). The summed E-state index contributed by atoms with van der Waals surface area (Å²) in [7, 11) is 0. The maximum absolute atomic E-state index is 12.1. The molecule has 1 saturated heterocycles. The van der Waals surface area contributed by atoms with Gasteiger partial charge in [-0.15, -0.1) is 10.2 Å². The third-order valence-electron chi connectivity index (χ3n) is 4.52. The second-order valence-electron chi connectivity index (χ2n) is 6.20. The van der Waals surface area contributed by atoms with E-state index in [9.17, 15) is 4.79 Å². The van der Waals surface area contributed by atoms with Gasteiger partial charge >= 0.3 is 0 Å². The molecule has 1 amide bonds. The van der Waals surface area contributed by atoms with Crippen LogP contribution >= 0.6 is 0 Å². The largest absolute Gasteiger partial charge is 0.419 e. The highest BCUT2D eigenvalue weighted by Gasteiger charge is 2.44. The van der Waals surface area contributed by atoms with Crippen LogP contribution in [0.3, 0.4) is 0 Å². The van der Waals surface area contributed by atoms with Crippen LogP contribution in [0.1, 0.15) is 25.7 Å². The van der Waals surface area contributed by atoms with Crippen molar-refractivity contribution in [1.29, 1.82) is 0 Å². The van der Waals surface area contributed by atoms with Crippen LogP contribution in [0.15, 0.2) is 33.9 Å². The number of amides is 1. The summed E-state index contributed by atoms with van der Waals surface area (Å²) in [5.74, 6) is 1.78. The maximum Gasteiger partial charge on any atom is 0.253 e. The van der Waals surface area contributed by atoms with E-state index in [1.54, 1.807) is 12.4 Å².